The summed E-state index contributed by atoms with van der Waals surface area (Å²) in [6.07, 6.45) is 1.13. The second-order valence-corrected chi connectivity index (χ2v) is 6.45. The van der Waals surface area contributed by atoms with Gasteiger partial charge in [0.1, 0.15) is 6.33 Å². The van der Waals surface area contributed by atoms with Gasteiger partial charge in [0, 0.05) is 0 Å². The highest BCUT2D eigenvalue weighted by Gasteiger charge is 2.21. The van der Waals surface area contributed by atoms with E-state index in [-0.39, 0.29) is 22.1 Å². The lowest BCUT2D eigenvalue weighted by Crippen LogP contribution is -2.17. The van der Waals surface area contributed by atoms with Crippen molar-refractivity contribution in [2.75, 3.05) is 0 Å². The van der Waals surface area contributed by atoms with Gasteiger partial charge in [-0.05, 0) is 19.1 Å². The monoisotopic (exact) mass is 333 g/mol. The number of hydrogen-bond acceptors (Lipinski definition) is 7. The van der Waals surface area contributed by atoms with Crippen molar-refractivity contribution in [1.29, 1.82) is 0 Å². The summed E-state index contributed by atoms with van der Waals surface area (Å²) in [5.74, 6) is -0.164. The SMILES string of the molecule is Cc1ccc(S(=O)(=O)n2cnc3nc(OC(N)=O)cnc32)cc1. The fraction of sp³-hybridized carbons (Fsp3) is 0.0769. The highest BCUT2D eigenvalue weighted by molar-refractivity contribution is 7.90. The van der Waals surface area contributed by atoms with E-state index in [0.29, 0.717) is 0 Å². The van der Waals surface area contributed by atoms with Crippen molar-refractivity contribution in [2.45, 2.75) is 11.8 Å². The summed E-state index contributed by atoms with van der Waals surface area (Å²) in [7, 11) is -3.86. The van der Waals surface area contributed by atoms with E-state index in [1.165, 1.54) is 12.1 Å². The third kappa shape index (κ3) is 2.71. The maximum Gasteiger partial charge on any atom is 0.411 e. The molecule has 0 aliphatic carbocycles. The number of nitrogens with zero attached hydrogens (tertiary/aromatic N) is 4. The van der Waals surface area contributed by atoms with Gasteiger partial charge >= 0.3 is 6.09 Å². The zero-order valence-electron chi connectivity index (χ0n) is 11.9. The third-order valence-electron chi connectivity index (χ3n) is 2.99. The second kappa shape index (κ2) is 5.32. The Kier molecular flexibility index (Phi) is 3.45. The van der Waals surface area contributed by atoms with Crippen LogP contribution in [0.25, 0.3) is 11.3 Å². The number of aryl methyl sites for hydroxylation is 1. The number of primary amides is 1. The summed E-state index contributed by atoms with van der Waals surface area (Å²) in [6, 6.07) is 6.37. The first-order chi connectivity index (χ1) is 10.9. The molecule has 2 N–H and O–H groups in total. The largest absolute Gasteiger partial charge is 0.411 e. The highest BCUT2D eigenvalue weighted by Crippen LogP contribution is 2.19. The molecular formula is C13H11N5O4S. The van der Waals surface area contributed by atoms with Gasteiger partial charge < -0.3 is 10.5 Å². The molecule has 1 aromatic carbocycles. The number of nitrogens with two attached hydrogens (primary N) is 1. The van der Waals surface area contributed by atoms with Crippen molar-refractivity contribution < 1.29 is 17.9 Å². The standard InChI is InChI=1S/C13H11N5O4S/c1-8-2-4-9(5-3-8)23(20,21)18-7-16-11-12(18)15-6-10(17-11)22-13(14)19/h2-7H,1H3,(H2,14,19). The summed E-state index contributed by atoms with van der Waals surface area (Å²) in [4.78, 5) is 22.5. The van der Waals surface area contributed by atoms with Crippen molar-refractivity contribution >= 4 is 27.4 Å². The molecule has 0 aliphatic heterocycles. The van der Waals surface area contributed by atoms with Crippen molar-refractivity contribution in [2.24, 2.45) is 5.73 Å². The van der Waals surface area contributed by atoms with E-state index in [1.54, 1.807) is 12.1 Å². The lowest BCUT2D eigenvalue weighted by Gasteiger charge is -2.06. The zero-order valence-corrected chi connectivity index (χ0v) is 12.7. The molecule has 0 spiro atoms. The number of carbonyl (C=O) groups excluding carboxylic acids is 1. The predicted molar refractivity (Wildman–Crippen MR) is 79.3 cm³/mol. The van der Waals surface area contributed by atoms with Crippen LogP contribution in [0, 0.1) is 6.92 Å². The first kappa shape index (κ1) is 14.9. The van der Waals surface area contributed by atoms with Gasteiger partial charge in [-0.25, -0.2) is 27.2 Å². The Bertz CT molecular complexity index is 995. The van der Waals surface area contributed by atoms with E-state index in [4.69, 9.17) is 5.73 Å². The maximum absolute atomic E-state index is 12.6. The van der Waals surface area contributed by atoms with Crippen LogP contribution in [0.15, 0.2) is 41.7 Å². The second-order valence-electron chi connectivity index (χ2n) is 4.64. The number of aromatic nitrogens is 4. The van der Waals surface area contributed by atoms with Crippen LogP contribution < -0.4 is 10.5 Å². The molecule has 10 heteroatoms. The number of benzene rings is 1. The van der Waals surface area contributed by atoms with Gasteiger partial charge in [-0.1, -0.05) is 17.7 Å². The average molecular weight is 333 g/mol. The van der Waals surface area contributed by atoms with Crippen molar-refractivity contribution in [3.8, 4) is 5.88 Å². The molecule has 0 bridgehead atoms. The molecule has 0 aliphatic rings. The smallest absolute Gasteiger partial charge is 0.390 e. The topological polar surface area (TPSA) is 130 Å². The number of carbonyl (C=O) groups is 1. The van der Waals surface area contributed by atoms with Crippen LogP contribution in [0.4, 0.5) is 4.79 Å². The van der Waals surface area contributed by atoms with Gasteiger partial charge in [0.15, 0.2) is 5.65 Å². The Hall–Kier alpha value is -3.01. The zero-order chi connectivity index (χ0) is 16.6. The maximum atomic E-state index is 12.6. The molecule has 0 unspecified atom stereocenters. The molecule has 1 amide bonds. The Balaban J connectivity index is 2.09. The molecule has 9 nitrogen and oxygen atoms in total. The Morgan fingerprint density at radius 1 is 1.22 bits per heavy atom. The Morgan fingerprint density at radius 3 is 2.57 bits per heavy atom. The van der Waals surface area contributed by atoms with E-state index >= 15 is 0 Å². The normalized spacial score (nSPS) is 11.5. The number of hydrogen-bond donors (Lipinski definition) is 1. The molecule has 0 saturated carbocycles. The van der Waals surface area contributed by atoms with E-state index in [1.807, 2.05) is 6.92 Å². The van der Waals surface area contributed by atoms with Crippen LogP contribution >= 0.6 is 0 Å². The predicted octanol–water partition coefficient (Wildman–Crippen LogP) is 0.829. The fourth-order valence-corrected chi connectivity index (χ4v) is 3.15. The van der Waals surface area contributed by atoms with Crippen LogP contribution in [-0.4, -0.2) is 33.4 Å². The van der Waals surface area contributed by atoms with Gasteiger partial charge in [-0.15, -0.1) is 0 Å². The minimum Gasteiger partial charge on any atom is -0.390 e. The summed E-state index contributed by atoms with van der Waals surface area (Å²) in [5.41, 5.74) is 5.85. The summed E-state index contributed by atoms with van der Waals surface area (Å²) in [5, 5.41) is 0. The molecule has 0 radical (unpaired) electrons. The minimum atomic E-state index is -3.86. The van der Waals surface area contributed by atoms with Crippen LogP contribution in [0.1, 0.15) is 5.56 Å². The molecule has 0 saturated heterocycles. The summed E-state index contributed by atoms with van der Waals surface area (Å²) < 4.78 is 30.8. The van der Waals surface area contributed by atoms with Crippen LogP contribution in [0.5, 0.6) is 5.88 Å². The molecule has 2 heterocycles. The fourth-order valence-electron chi connectivity index (χ4n) is 1.91. The van der Waals surface area contributed by atoms with Crippen LogP contribution in [0.3, 0.4) is 0 Å². The molecule has 118 valence electrons. The van der Waals surface area contributed by atoms with Crippen molar-refractivity contribution in [1.82, 2.24) is 18.9 Å². The number of fused-ring (bicyclic) bond motifs is 1. The minimum absolute atomic E-state index is 0.0134. The first-order valence-electron chi connectivity index (χ1n) is 6.37. The number of imidazole rings is 1. The van der Waals surface area contributed by atoms with Crippen molar-refractivity contribution in [3.05, 3.63) is 42.4 Å². The Labute approximate surface area is 130 Å². The van der Waals surface area contributed by atoms with Gasteiger partial charge in [-0.2, -0.15) is 4.98 Å². The average Bonchev–Trinajstić information content (AvgIpc) is 2.91. The lowest BCUT2D eigenvalue weighted by atomic mass is 10.2. The Morgan fingerprint density at radius 2 is 1.91 bits per heavy atom. The lowest BCUT2D eigenvalue weighted by molar-refractivity contribution is 0.209. The first-order valence-corrected chi connectivity index (χ1v) is 7.81. The van der Waals surface area contributed by atoms with Crippen molar-refractivity contribution in [3.63, 3.8) is 0 Å². The van der Waals surface area contributed by atoms with E-state index in [0.717, 1.165) is 22.1 Å². The van der Waals surface area contributed by atoms with E-state index in [2.05, 4.69) is 19.7 Å². The molecule has 0 atom stereocenters. The summed E-state index contributed by atoms with van der Waals surface area (Å²) in [6.45, 7) is 1.86. The molecule has 3 aromatic rings. The van der Waals surface area contributed by atoms with Gasteiger partial charge in [0.05, 0.1) is 11.1 Å². The van der Waals surface area contributed by atoms with E-state index < -0.39 is 16.1 Å². The van der Waals surface area contributed by atoms with Gasteiger partial charge in [-0.3, -0.25) is 0 Å². The molecule has 23 heavy (non-hydrogen) atoms. The molecule has 2 aromatic heterocycles. The van der Waals surface area contributed by atoms with Crippen LogP contribution in [-0.2, 0) is 10.0 Å². The highest BCUT2D eigenvalue weighted by atomic mass is 32.2. The third-order valence-corrected chi connectivity index (χ3v) is 4.64. The quantitative estimate of drug-likeness (QED) is 0.751. The number of amides is 1. The molecule has 0 fully saturated rings. The van der Waals surface area contributed by atoms with E-state index in [9.17, 15) is 13.2 Å². The van der Waals surface area contributed by atoms with Gasteiger partial charge in [0.2, 0.25) is 11.5 Å². The van der Waals surface area contributed by atoms with Gasteiger partial charge in [0.25, 0.3) is 10.0 Å². The number of ether oxygens (including phenoxy) is 1. The molecule has 3 rings (SSSR count). The summed E-state index contributed by atoms with van der Waals surface area (Å²) >= 11 is 0. The molecular weight excluding hydrogens is 322 g/mol. The van der Waals surface area contributed by atoms with Crippen LogP contribution in [0.2, 0.25) is 0 Å². The number of rotatable bonds is 3.